The van der Waals surface area contributed by atoms with E-state index >= 15 is 0 Å². The lowest BCUT2D eigenvalue weighted by Gasteiger charge is -2.26. The molecular weight excluding hydrogens is 228 g/mol. The summed E-state index contributed by atoms with van der Waals surface area (Å²) < 4.78 is 145. The Morgan fingerprint density at radius 2 is 2.44 bits per heavy atom. The first-order chi connectivity index (χ1) is 15.4. The molecular formula is C14H22N2O2. The molecule has 0 saturated carbocycles. The van der Waals surface area contributed by atoms with Gasteiger partial charge in [0.1, 0.15) is 6.56 Å². The van der Waals surface area contributed by atoms with Gasteiger partial charge in [0.05, 0.1) is 14.0 Å². The number of nitrogens with zero attached hydrogens (tertiary/aromatic N) is 1. The fourth-order valence-electron chi connectivity index (χ4n) is 1.08. The number of hydrogen-bond donors (Lipinski definition) is 1. The van der Waals surface area contributed by atoms with E-state index < -0.39 is 80.5 Å². The van der Waals surface area contributed by atoms with Gasteiger partial charge in [-0.3, -0.25) is 4.90 Å². The van der Waals surface area contributed by atoms with Crippen LogP contribution >= 0.6 is 0 Å². The maximum absolute atomic E-state index is 8.27. The molecule has 2 rings (SSSR count). The van der Waals surface area contributed by atoms with Crippen LogP contribution in [0.1, 0.15) is 39.7 Å². The minimum Gasteiger partial charge on any atom is -0.493 e. The minimum atomic E-state index is -3.75. The summed E-state index contributed by atoms with van der Waals surface area (Å²) in [6, 6.07) is -2.69. The first-order valence-electron chi connectivity index (χ1n) is 13.3. The quantitative estimate of drug-likeness (QED) is 0.802. The molecule has 1 fully saturated rings. The molecule has 1 aromatic rings. The van der Waals surface area contributed by atoms with E-state index in [1.165, 1.54) is 0 Å². The van der Waals surface area contributed by atoms with Crippen molar-refractivity contribution in [2.24, 2.45) is 0 Å². The first kappa shape index (κ1) is 3.37. The monoisotopic (exact) mass is 267 g/mol. The van der Waals surface area contributed by atoms with Crippen molar-refractivity contribution in [2.75, 3.05) is 38.9 Å². The SMILES string of the molecule is [2H]c1c([2H])c(N([2H])[2H])c([2H])c(OC([2H])([2H])C([2H])([2H])N2CC([2H])([2H])C([2H])([2H])C([2H])([2H])C2([2H])[2H])c1OC. The van der Waals surface area contributed by atoms with Crippen molar-refractivity contribution in [1.29, 1.82) is 0 Å². The molecule has 0 bridgehead atoms. The van der Waals surface area contributed by atoms with Crippen LogP contribution in [0, 0.1) is 0 Å². The van der Waals surface area contributed by atoms with Gasteiger partial charge in [-0.25, -0.2) is 0 Å². The van der Waals surface area contributed by atoms with Crippen molar-refractivity contribution >= 4 is 5.69 Å². The van der Waals surface area contributed by atoms with Crippen LogP contribution in [0.15, 0.2) is 18.1 Å². The number of methoxy groups -OCH3 is 1. The van der Waals surface area contributed by atoms with E-state index in [9.17, 15) is 0 Å². The molecule has 0 aromatic heterocycles. The van der Waals surface area contributed by atoms with Crippen LogP contribution in [0.2, 0.25) is 2.82 Å². The molecule has 2 N–H and O–H groups in total. The van der Waals surface area contributed by atoms with E-state index in [0.717, 1.165) is 7.11 Å². The van der Waals surface area contributed by atoms with Crippen molar-refractivity contribution in [2.45, 2.75) is 19.1 Å². The highest BCUT2D eigenvalue weighted by molar-refractivity contribution is 5.51. The summed E-state index contributed by atoms with van der Waals surface area (Å²) in [7, 11) is 0.955. The first-order valence-corrected chi connectivity index (χ1v) is 4.86. The molecule has 0 radical (unpaired) electrons. The lowest BCUT2D eigenvalue weighted by molar-refractivity contribution is 0.180. The molecule has 0 atom stereocenters. The number of ether oxygens (including phenoxy) is 2. The Morgan fingerprint density at radius 1 is 1.50 bits per heavy atom. The van der Waals surface area contributed by atoms with E-state index in [-0.39, 0.29) is 10.6 Å². The zero-order valence-corrected chi connectivity index (χ0v) is 9.42. The summed E-state index contributed by atoms with van der Waals surface area (Å²) in [5.41, 5.74) is -1.08. The highest BCUT2D eigenvalue weighted by Crippen LogP contribution is 2.28. The average Bonchev–Trinajstić information content (AvgIpc) is 2.68. The molecule has 0 amide bonds. The Labute approximate surface area is 133 Å². The topological polar surface area (TPSA) is 47.7 Å². The fraction of sp³-hybridized carbons (Fsp3) is 0.571. The summed E-state index contributed by atoms with van der Waals surface area (Å²) in [6.45, 7) is -12.6. The van der Waals surface area contributed by atoms with E-state index in [1.807, 2.05) is 0 Å². The molecule has 0 unspecified atom stereocenters. The van der Waals surface area contributed by atoms with E-state index in [2.05, 4.69) is 0 Å². The van der Waals surface area contributed by atoms with E-state index in [1.54, 1.807) is 0 Å². The lowest BCUT2D eigenvalue weighted by atomic mass is 10.1. The third-order valence-electron chi connectivity index (χ3n) is 1.85. The highest BCUT2D eigenvalue weighted by atomic mass is 16.5. The summed E-state index contributed by atoms with van der Waals surface area (Å²) in [4.78, 5) is -0.194. The number of nitrogens with two attached hydrogens (primary N) is 1. The van der Waals surface area contributed by atoms with Crippen molar-refractivity contribution < 1.29 is 32.9 Å². The van der Waals surface area contributed by atoms with Gasteiger partial charge in [0.25, 0.3) is 0 Å². The fourth-order valence-corrected chi connectivity index (χ4v) is 1.08. The second-order valence-electron chi connectivity index (χ2n) is 3.03. The number of likely N-dealkylation sites (tertiary alicyclic amines) is 1. The second kappa shape index (κ2) is 6.50. The van der Waals surface area contributed by atoms with Crippen LogP contribution in [-0.4, -0.2) is 38.1 Å². The zero-order chi connectivity index (χ0) is 27.7. The number of benzene rings is 1. The molecule has 0 spiro atoms. The Balaban J connectivity index is 2.70. The van der Waals surface area contributed by atoms with Crippen LogP contribution in [-0.2, 0) is 0 Å². The Kier molecular flexibility index (Phi) is 1.21. The van der Waals surface area contributed by atoms with Crippen LogP contribution in [0.3, 0.4) is 0 Å². The lowest BCUT2D eigenvalue weighted by Crippen LogP contribution is -2.33. The van der Waals surface area contributed by atoms with Crippen molar-refractivity contribution in [1.82, 2.24) is 4.90 Å². The van der Waals surface area contributed by atoms with Gasteiger partial charge in [-0.1, -0.05) is 6.37 Å². The smallest absolute Gasteiger partial charge is 0.163 e. The number of piperidine rings is 1. The summed E-state index contributed by atoms with van der Waals surface area (Å²) in [6.07, 6.45) is -10.3. The Morgan fingerprint density at radius 3 is 3.28 bits per heavy atom. The molecule has 18 heavy (non-hydrogen) atoms. The summed E-state index contributed by atoms with van der Waals surface area (Å²) in [5, 5.41) is 0. The van der Waals surface area contributed by atoms with Crippen LogP contribution in [0.5, 0.6) is 11.5 Å². The molecule has 4 nitrogen and oxygen atoms in total. The zero-order valence-electron chi connectivity index (χ0n) is 26.4. The van der Waals surface area contributed by atoms with Crippen molar-refractivity contribution in [3.63, 3.8) is 0 Å². The van der Waals surface area contributed by atoms with Gasteiger partial charge in [-0.05, 0) is 37.9 Å². The van der Waals surface area contributed by atoms with Crippen LogP contribution < -0.4 is 15.2 Å². The average molecular weight is 267 g/mol. The molecule has 1 aliphatic heterocycles. The predicted molar refractivity (Wildman–Crippen MR) is 73.2 cm³/mol. The van der Waals surface area contributed by atoms with Gasteiger partial charge < -0.3 is 15.2 Å². The highest BCUT2D eigenvalue weighted by Gasteiger charge is 2.10. The number of rotatable bonds is 6. The summed E-state index contributed by atoms with van der Waals surface area (Å²) >= 11 is 0. The summed E-state index contributed by atoms with van der Waals surface area (Å²) in [5.74, 6) is -1.77. The van der Waals surface area contributed by atoms with Gasteiger partial charge in [-0.15, -0.1) is 0 Å². The molecule has 4 heteroatoms. The van der Waals surface area contributed by atoms with Gasteiger partial charge in [0.2, 0.25) is 0 Å². The normalized spacial score (nSPS) is 42.8. The van der Waals surface area contributed by atoms with Gasteiger partial charge in [0.15, 0.2) is 14.3 Å². The molecule has 100 valence electrons. The Hall–Kier alpha value is -1.42. The molecule has 1 saturated heterocycles. The van der Waals surface area contributed by atoms with E-state index in [4.69, 9.17) is 32.9 Å². The molecule has 0 aliphatic carbocycles. The third-order valence-corrected chi connectivity index (χ3v) is 1.85. The standard InChI is InChI=1S/C14H22N2O2/c1-17-13-6-5-12(15)11-14(13)18-10-9-16-7-3-2-4-8-16/h5-6,11H,2-4,7-10,15H2,1H3/i2D2,3D2,4D2,5D,6D,7D2,9D2,10D2,11D/hD2. The number of anilines is 1. The number of hydrogen-bond acceptors (Lipinski definition) is 4. The second-order valence-corrected chi connectivity index (χ2v) is 3.03. The van der Waals surface area contributed by atoms with Crippen LogP contribution in [0.25, 0.3) is 0 Å². The number of nitrogen functional groups attached to an aromatic ring is 1. The Bertz CT molecular complexity index is 996. The molecule has 1 aliphatic rings. The largest absolute Gasteiger partial charge is 0.493 e. The van der Waals surface area contributed by atoms with Crippen LogP contribution in [0.4, 0.5) is 5.69 Å². The van der Waals surface area contributed by atoms with Gasteiger partial charge >= 0.3 is 0 Å². The third kappa shape index (κ3) is 3.53. The predicted octanol–water partition coefficient (Wildman–Crippen LogP) is 2.14. The van der Waals surface area contributed by atoms with Gasteiger partial charge in [-0.2, -0.15) is 0 Å². The maximum Gasteiger partial charge on any atom is 0.163 e. The minimum absolute atomic E-state index is 0.194. The maximum atomic E-state index is 8.27. The molecule has 1 heterocycles. The molecule has 1 aromatic carbocycles. The van der Waals surface area contributed by atoms with E-state index in [0.29, 0.717) is 0 Å². The van der Waals surface area contributed by atoms with Gasteiger partial charge in [0, 0.05) is 31.9 Å². The van der Waals surface area contributed by atoms with Crippen molar-refractivity contribution in [3.05, 3.63) is 18.1 Å². The van der Waals surface area contributed by atoms with Crippen molar-refractivity contribution in [3.8, 4) is 11.5 Å².